The summed E-state index contributed by atoms with van der Waals surface area (Å²) in [7, 11) is -11.0. The van der Waals surface area contributed by atoms with Crippen molar-refractivity contribution in [1.29, 1.82) is 0 Å². The van der Waals surface area contributed by atoms with Crippen molar-refractivity contribution in [3.8, 4) is 0 Å². The van der Waals surface area contributed by atoms with Crippen LogP contribution in [0.15, 0.2) is 0 Å². The molecule has 0 aliphatic rings. The topological polar surface area (TPSA) is 226 Å². The molecular formula is C3H16O11S3. The maximum Gasteiger partial charge on any atom is 0.261 e. The highest BCUT2D eigenvalue weighted by Crippen LogP contribution is 1.61. The van der Waals surface area contributed by atoms with Crippen LogP contribution in [0.2, 0.25) is 0 Å². The first-order valence-electron chi connectivity index (χ1n) is 2.77. The normalized spacial score (nSPS) is 10.2. The molecule has 7 N–H and O–H groups in total. The van der Waals surface area contributed by atoms with Crippen LogP contribution in [0.5, 0.6) is 0 Å². The summed E-state index contributed by atoms with van der Waals surface area (Å²) in [6, 6.07) is 0. The lowest BCUT2D eigenvalue weighted by Crippen LogP contribution is -1.88. The Hall–Kier alpha value is -0.350. The maximum absolute atomic E-state index is 9.19. The van der Waals surface area contributed by atoms with E-state index in [1.807, 2.05) is 0 Å². The average Bonchev–Trinajstić information content (AvgIpc) is 1.41. The van der Waals surface area contributed by atoms with Crippen LogP contribution < -0.4 is 0 Å². The molecule has 0 aromatic rings. The predicted octanol–water partition coefficient (Wildman–Crippen LogP) is -3.14. The van der Waals surface area contributed by atoms with E-state index in [0.717, 1.165) is 0 Å². The van der Waals surface area contributed by atoms with Crippen molar-refractivity contribution in [3.05, 3.63) is 0 Å². The van der Waals surface area contributed by atoms with Gasteiger partial charge in [0, 0.05) is 0 Å². The third kappa shape index (κ3) is 23800. The molecule has 0 unspecified atom stereocenters. The van der Waals surface area contributed by atoms with Crippen molar-refractivity contribution in [2.75, 3.05) is 18.8 Å². The highest BCUT2D eigenvalue weighted by atomic mass is 32.2. The van der Waals surface area contributed by atoms with Gasteiger partial charge in [0.25, 0.3) is 30.4 Å². The van der Waals surface area contributed by atoms with Gasteiger partial charge in [0.2, 0.25) is 0 Å². The number of rotatable bonds is 0. The van der Waals surface area contributed by atoms with E-state index in [1.165, 1.54) is 0 Å². The molecule has 0 aromatic carbocycles. The Labute approximate surface area is 99.3 Å². The van der Waals surface area contributed by atoms with Crippen molar-refractivity contribution >= 4 is 30.4 Å². The summed E-state index contributed by atoms with van der Waals surface area (Å²) >= 11 is 0. The summed E-state index contributed by atoms with van der Waals surface area (Å²) in [5.41, 5.74) is 0. The smallest absolute Gasteiger partial charge is 0.261 e. The van der Waals surface area contributed by atoms with Crippen LogP contribution in [0.1, 0.15) is 0 Å². The van der Waals surface area contributed by atoms with Crippen molar-refractivity contribution < 1.29 is 49.9 Å². The van der Waals surface area contributed by atoms with Gasteiger partial charge in [-0.1, -0.05) is 0 Å². The maximum atomic E-state index is 9.19. The number of hydrogen-bond donors (Lipinski definition) is 3. The third-order valence-electron chi connectivity index (χ3n) is 0. The predicted molar refractivity (Wildman–Crippen MR) is 59.6 cm³/mol. The Morgan fingerprint density at radius 1 is 0.529 bits per heavy atom. The fraction of sp³-hybridized carbons (Fsp3) is 1.00. The van der Waals surface area contributed by atoms with Gasteiger partial charge in [-0.25, -0.2) is 0 Å². The Kier molecular flexibility index (Phi) is 19.1. The second kappa shape index (κ2) is 10.8. The van der Waals surface area contributed by atoms with Crippen LogP contribution in [0, 0.1) is 0 Å². The van der Waals surface area contributed by atoms with Gasteiger partial charge in [-0.3, -0.25) is 13.7 Å². The Morgan fingerprint density at radius 3 is 0.529 bits per heavy atom. The molecule has 0 spiro atoms. The van der Waals surface area contributed by atoms with E-state index in [2.05, 4.69) is 0 Å². The lowest BCUT2D eigenvalue weighted by atomic mass is 12.0. The molecule has 0 saturated carbocycles. The van der Waals surface area contributed by atoms with Crippen LogP contribution in [-0.2, 0) is 30.4 Å². The summed E-state index contributed by atoms with van der Waals surface area (Å²) < 4.78 is 77.6. The van der Waals surface area contributed by atoms with Gasteiger partial charge in [-0.05, 0) is 0 Å². The summed E-state index contributed by atoms with van der Waals surface area (Å²) in [6.45, 7) is 0. The van der Waals surface area contributed by atoms with Crippen molar-refractivity contribution in [2.24, 2.45) is 0 Å². The molecule has 112 valence electrons. The molecular weight excluding hydrogens is 308 g/mol. The Morgan fingerprint density at radius 2 is 0.529 bits per heavy atom. The highest BCUT2D eigenvalue weighted by molar-refractivity contribution is 7.85. The molecule has 0 saturated heterocycles. The van der Waals surface area contributed by atoms with Gasteiger partial charge in [-0.2, -0.15) is 25.3 Å². The molecule has 0 aliphatic heterocycles. The molecule has 0 heterocycles. The summed E-state index contributed by atoms with van der Waals surface area (Å²) in [5, 5.41) is 0. The van der Waals surface area contributed by atoms with Gasteiger partial charge in [0.05, 0.1) is 18.8 Å². The van der Waals surface area contributed by atoms with E-state index < -0.39 is 30.4 Å². The first kappa shape index (κ1) is 30.0. The number of hydrogen-bond acceptors (Lipinski definition) is 6. The molecule has 0 aromatic heterocycles. The SMILES string of the molecule is CS(=O)(=O)O.CS(=O)(=O)O.CS(=O)(=O)O.O.O. The minimum absolute atomic E-state index is 0. The first-order valence-corrected chi connectivity index (χ1v) is 8.32. The van der Waals surface area contributed by atoms with Crippen molar-refractivity contribution in [3.63, 3.8) is 0 Å². The van der Waals surface area contributed by atoms with Gasteiger partial charge in [-0.15, -0.1) is 0 Å². The summed E-state index contributed by atoms with van der Waals surface area (Å²) in [5.74, 6) is 0. The van der Waals surface area contributed by atoms with Crippen LogP contribution in [0.4, 0.5) is 0 Å². The zero-order valence-corrected chi connectivity index (χ0v) is 11.5. The fourth-order valence-corrected chi connectivity index (χ4v) is 0. The van der Waals surface area contributed by atoms with E-state index in [4.69, 9.17) is 13.7 Å². The second-order valence-electron chi connectivity index (χ2n) is 2.20. The summed E-state index contributed by atoms with van der Waals surface area (Å²) in [6.07, 6.45) is 2.15. The molecule has 0 bridgehead atoms. The van der Waals surface area contributed by atoms with E-state index in [0.29, 0.717) is 18.8 Å². The lowest BCUT2D eigenvalue weighted by molar-refractivity contribution is 0.488. The van der Waals surface area contributed by atoms with Gasteiger partial charge in [0.1, 0.15) is 0 Å². The lowest BCUT2D eigenvalue weighted by Gasteiger charge is -1.69. The molecule has 0 aliphatic carbocycles. The highest BCUT2D eigenvalue weighted by Gasteiger charge is 1.82. The minimum Gasteiger partial charge on any atom is -0.412 e. The van der Waals surface area contributed by atoms with Crippen LogP contribution in [-0.4, -0.2) is 68.6 Å². The zero-order valence-electron chi connectivity index (χ0n) is 9.02. The van der Waals surface area contributed by atoms with Gasteiger partial charge >= 0.3 is 0 Å². The van der Waals surface area contributed by atoms with Crippen molar-refractivity contribution in [2.45, 2.75) is 0 Å². The Balaban J connectivity index is -0.0000000400. The van der Waals surface area contributed by atoms with E-state index in [-0.39, 0.29) is 11.0 Å². The molecule has 17 heavy (non-hydrogen) atoms. The fourth-order valence-electron chi connectivity index (χ4n) is 0. The summed E-state index contributed by atoms with van der Waals surface area (Å²) in [4.78, 5) is 0. The standard InChI is InChI=1S/3CH4O3S.2H2O/c3*1-5(2,3)4;;/h3*1H3,(H,2,3,4);2*1H2. The molecule has 0 fully saturated rings. The molecule has 0 rings (SSSR count). The van der Waals surface area contributed by atoms with E-state index >= 15 is 0 Å². The van der Waals surface area contributed by atoms with E-state index in [9.17, 15) is 25.3 Å². The van der Waals surface area contributed by atoms with Crippen LogP contribution in [0.25, 0.3) is 0 Å². The van der Waals surface area contributed by atoms with Gasteiger partial charge < -0.3 is 11.0 Å². The van der Waals surface area contributed by atoms with E-state index in [1.54, 1.807) is 0 Å². The molecule has 14 heteroatoms. The quantitative estimate of drug-likeness (QED) is 0.382. The Bertz CT molecular complexity index is 343. The van der Waals surface area contributed by atoms with Crippen LogP contribution >= 0.6 is 0 Å². The first-order chi connectivity index (χ1) is 6.00. The van der Waals surface area contributed by atoms with Crippen LogP contribution in [0.3, 0.4) is 0 Å². The second-order valence-corrected chi connectivity index (χ2v) is 6.60. The van der Waals surface area contributed by atoms with Gasteiger partial charge in [0.15, 0.2) is 0 Å². The largest absolute Gasteiger partial charge is 0.412 e. The zero-order chi connectivity index (χ0) is 13.5. The molecule has 0 radical (unpaired) electrons. The molecule has 0 amide bonds. The minimum atomic E-state index is -3.67. The molecule has 11 nitrogen and oxygen atoms in total. The monoisotopic (exact) mass is 324 g/mol. The third-order valence-corrected chi connectivity index (χ3v) is 0. The molecule has 0 atom stereocenters. The average molecular weight is 324 g/mol. The van der Waals surface area contributed by atoms with Crippen molar-refractivity contribution in [1.82, 2.24) is 0 Å².